The Balaban J connectivity index is 1.16. The number of rotatable bonds is 10. The van der Waals surface area contributed by atoms with E-state index in [-0.39, 0.29) is 23.0 Å². The second-order valence-corrected chi connectivity index (χ2v) is 13.3. The van der Waals surface area contributed by atoms with Gasteiger partial charge in [0.1, 0.15) is 12.1 Å². The van der Waals surface area contributed by atoms with E-state index in [1.807, 2.05) is 0 Å². The molecule has 4 aliphatic carbocycles. The van der Waals surface area contributed by atoms with E-state index in [1.54, 1.807) is 0 Å². The summed E-state index contributed by atoms with van der Waals surface area (Å²) < 4.78 is 0. The first-order chi connectivity index (χ1) is 16.3. The van der Waals surface area contributed by atoms with Crippen molar-refractivity contribution < 1.29 is 24.3 Å². The predicted molar refractivity (Wildman–Crippen MR) is 133 cm³/mol. The van der Waals surface area contributed by atoms with Gasteiger partial charge in [-0.15, -0.1) is 0 Å². The molecule has 0 aromatic heterocycles. The van der Waals surface area contributed by atoms with Crippen LogP contribution >= 0.6 is 21.6 Å². The molecule has 2 atom stereocenters. The molecule has 34 heavy (non-hydrogen) atoms. The monoisotopic (exact) mass is 511 g/mol. The van der Waals surface area contributed by atoms with Crippen molar-refractivity contribution in [3.63, 3.8) is 0 Å². The van der Waals surface area contributed by atoms with Gasteiger partial charge in [-0.2, -0.15) is 0 Å². The van der Waals surface area contributed by atoms with E-state index in [0.717, 1.165) is 49.9 Å². The fraction of sp³-hybridized carbons (Fsp3) is 0.833. The largest absolute Gasteiger partial charge is 0.480 e. The Bertz CT molecular complexity index is 772. The highest BCUT2D eigenvalue weighted by molar-refractivity contribution is 8.76. The molecule has 8 nitrogen and oxygen atoms in total. The molecule has 4 saturated carbocycles. The van der Waals surface area contributed by atoms with Gasteiger partial charge in [0.25, 0.3) is 0 Å². The van der Waals surface area contributed by atoms with Crippen molar-refractivity contribution in [2.24, 2.45) is 23.2 Å². The molecule has 0 unspecified atom stereocenters. The third-order valence-electron chi connectivity index (χ3n) is 8.13. The van der Waals surface area contributed by atoms with Gasteiger partial charge in [-0.05, 0) is 75.5 Å². The third kappa shape index (κ3) is 5.86. The quantitative estimate of drug-likeness (QED) is 0.305. The minimum atomic E-state index is -1.08. The highest BCUT2D eigenvalue weighted by Gasteiger charge is 2.54. The first kappa shape index (κ1) is 25.7. The van der Waals surface area contributed by atoms with E-state index in [9.17, 15) is 24.3 Å². The van der Waals surface area contributed by atoms with Crippen molar-refractivity contribution in [2.75, 3.05) is 24.6 Å². The summed E-state index contributed by atoms with van der Waals surface area (Å²) in [5.74, 6) is 1.70. The first-order valence-corrected chi connectivity index (χ1v) is 15.1. The van der Waals surface area contributed by atoms with E-state index >= 15 is 0 Å². The second-order valence-electron chi connectivity index (χ2n) is 10.7. The van der Waals surface area contributed by atoms with Crippen molar-refractivity contribution >= 4 is 45.3 Å². The van der Waals surface area contributed by atoms with Crippen molar-refractivity contribution in [1.82, 2.24) is 15.5 Å². The topological polar surface area (TPSA) is 116 Å². The molecule has 5 fully saturated rings. The summed E-state index contributed by atoms with van der Waals surface area (Å²) in [4.78, 5) is 50.7. The maximum Gasteiger partial charge on any atom is 0.327 e. The average Bonchev–Trinajstić information content (AvgIpc) is 2.79. The third-order valence-corrected chi connectivity index (χ3v) is 10.5. The van der Waals surface area contributed by atoms with Crippen LogP contribution in [-0.4, -0.2) is 70.4 Å². The summed E-state index contributed by atoms with van der Waals surface area (Å²) in [5.41, 5.74) is -0.141. The van der Waals surface area contributed by atoms with Crippen LogP contribution in [0.15, 0.2) is 0 Å². The van der Waals surface area contributed by atoms with Crippen molar-refractivity contribution in [3.05, 3.63) is 0 Å². The number of carboxylic acids is 1. The Morgan fingerprint density at radius 3 is 2.26 bits per heavy atom. The fourth-order valence-corrected chi connectivity index (χ4v) is 9.04. The molecule has 5 aliphatic rings. The SMILES string of the molecule is CC(=O)N1CCCC[C@H]1C(=O)N[C@@H](CSSCCNC(=O)C12CC3CC(CC(C3)C1)C2)C(=O)O. The summed E-state index contributed by atoms with van der Waals surface area (Å²) in [7, 11) is 2.89. The van der Waals surface area contributed by atoms with Crippen LogP contribution in [0.4, 0.5) is 0 Å². The fourth-order valence-electron chi connectivity index (χ4n) is 6.98. The summed E-state index contributed by atoms with van der Waals surface area (Å²) in [6.07, 6.45) is 9.35. The van der Waals surface area contributed by atoms with Crippen molar-refractivity contribution in [1.29, 1.82) is 0 Å². The molecule has 0 aromatic rings. The number of carbonyl (C=O) groups is 4. The van der Waals surface area contributed by atoms with Crippen LogP contribution in [0.1, 0.15) is 64.7 Å². The summed E-state index contributed by atoms with van der Waals surface area (Å²) in [5, 5.41) is 15.3. The number of likely N-dealkylation sites (tertiary alicyclic amines) is 1. The Morgan fingerprint density at radius 1 is 1.03 bits per heavy atom. The molecule has 10 heteroatoms. The van der Waals surface area contributed by atoms with Crippen LogP contribution in [0.3, 0.4) is 0 Å². The molecule has 1 heterocycles. The standard InChI is InChI=1S/C24H37N3O5S2/c1-15(28)27-6-3-2-4-20(27)21(29)26-19(22(30)31)14-34-33-7-5-25-23(32)24-11-16-8-17(12-24)10-18(9-16)13-24/h16-20H,2-14H2,1H3,(H,25,32)(H,26,29)(H,30,31)/t16?,17?,18?,19-,20-,24?/m0/s1. The van der Waals surface area contributed by atoms with Crippen molar-refractivity contribution in [3.8, 4) is 0 Å². The van der Waals surface area contributed by atoms with Gasteiger partial charge in [0.2, 0.25) is 17.7 Å². The summed E-state index contributed by atoms with van der Waals surface area (Å²) >= 11 is 0. The average molecular weight is 512 g/mol. The smallest absolute Gasteiger partial charge is 0.327 e. The maximum absolute atomic E-state index is 13.0. The maximum atomic E-state index is 13.0. The Kier molecular flexibility index (Phi) is 8.38. The molecule has 1 saturated heterocycles. The first-order valence-electron chi connectivity index (χ1n) is 12.6. The van der Waals surface area contributed by atoms with Gasteiger partial charge in [0, 0.05) is 36.9 Å². The number of nitrogens with zero attached hydrogens (tertiary/aromatic N) is 1. The van der Waals surface area contributed by atoms with Crippen LogP contribution in [0.25, 0.3) is 0 Å². The number of piperidine rings is 1. The van der Waals surface area contributed by atoms with E-state index in [1.165, 1.54) is 52.7 Å². The molecule has 4 bridgehead atoms. The number of hydrogen-bond donors (Lipinski definition) is 3. The number of hydrogen-bond acceptors (Lipinski definition) is 6. The van der Waals surface area contributed by atoms with Gasteiger partial charge in [0.05, 0.1) is 0 Å². The lowest BCUT2D eigenvalue weighted by molar-refractivity contribution is -0.146. The lowest BCUT2D eigenvalue weighted by atomic mass is 9.49. The van der Waals surface area contributed by atoms with Crippen molar-refractivity contribution in [2.45, 2.75) is 76.8 Å². The number of nitrogens with one attached hydrogen (secondary N) is 2. The lowest BCUT2D eigenvalue weighted by Gasteiger charge is -2.55. The number of carboxylic acid groups (broad SMARTS) is 1. The summed E-state index contributed by atoms with van der Waals surface area (Å²) in [6, 6.07) is -1.60. The lowest BCUT2D eigenvalue weighted by Crippen LogP contribution is -2.55. The van der Waals surface area contributed by atoms with Gasteiger partial charge < -0.3 is 20.6 Å². The zero-order chi connectivity index (χ0) is 24.3. The molecule has 3 amide bonds. The van der Waals surface area contributed by atoms with Gasteiger partial charge in [-0.3, -0.25) is 14.4 Å². The van der Waals surface area contributed by atoms with Gasteiger partial charge in [-0.25, -0.2) is 4.79 Å². The normalized spacial score (nSPS) is 32.8. The molecular weight excluding hydrogens is 474 g/mol. The molecule has 5 rings (SSSR count). The van der Waals surface area contributed by atoms with Gasteiger partial charge in [-0.1, -0.05) is 21.6 Å². The minimum Gasteiger partial charge on any atom is -0.480 e. The Hall–Kier alpha value is -1.42. The van der Waals surface area contributed by atoms with Crippen LogP contribution in [0.2, 0.25) is 0 Å². The highest BCUT2D eigenvalue weighted by atomic mass is 33.1. The number of aliphatic carboxylic acids is 1. The summed E-state index contributed by atoms with van der Waals surface area (Å²) in [6.45, 7) is 2.54. The zero-order valence-corrected chi connectivity index (χ0v) is 21.6. The molecule has 0 radical (unpaired) electrons. The molecule has 0 aromatic carbocycles. The minimum absolute atomic E-state index is 0.141. The molecule has 0 spiro atoms. The van der Waals surface area contributed by atoms with Gasteiger partial charge in [0.15, 0.2) is 0 Å². The van der Waals surface area contributed by atoms with E-state index in [4.69, 9.17) is 0 Å². The number of amides is 3. The zero-order valence-electron chi connectivity index (χ0n) is 19.9. The van der Waals surface area contributed by atoms with E-state index < -0.39 is 24.0 Å². The van der Waals surface area contributed by atoms with Crippen LogP contribution in [-0.2, 0) is 19.2 Å². The molecule has 3 N–H and O–H groups in total. The van der Waals surface area contributed by atoms with Gasteiger partial charge >= 0.3 is 5.97 Å². The van der Waals surface area contributed by atoms with Crippen LogP contribution in [0.5, 0.6) is 0 Å². The predicted octanol–water partition coefficient (Wildman–Crippen LogP) is 2.67. The second kappa shape index (κ2) is 11.1. The highest BCUT2D eigenvalue weighted by Crippen LogP contribution is 2.60. The Labute approximate surface area is 209 Å². The van der Waals surface area contributed by atoms with E-state index in [2.05, 4.69) is 10.6 Å². The van der Waals surface area contributed by atoms with E-state index in [0.29, 0.717) is 25.3 Å². The molecule has 1 aliphatic heterocycles. The van der Waals surface area contributed by atoms with Crippen LogP contribution < -0.4 is 10.6 Å². The molecular formula is C24H37N3O5S2. The molecule has 190 valence electrons. The van der Waals surface area contributed by atoms with Crippen LogP contribution in [0, 0.1) is 23.2 Å². The Morgan fingerprint density at radius 2 is 1.68 bits per heavy atom. The number of carbonyl (C=O) groups excluding carboxylic acids is 3.